The summed E-state index contributed by atoms with van der Waals surface area (Å²) in [4.78, 5) is 27.6. The lowest BCUT2D eigenvalue weighted by atomic mass is 10.1. The van der Waals surface area contributed by atoms with Crippen LogP contribution in [0.15, 0.2) is 42.5 Å². The van der Waals surface area contributed by atoms with Gasteiger partial charge in [-0.25, -0.2) is 4.39 Å². The van der Waals surface area contributed by atoms with Gasteiger partial charge in [-0.15, -0.1) is 11.8 Å². The van der Waals surface area contributed by atoms with Gasteiger partial charge in [-0.3, -0.25) is 9.59 Å². The van der Waals surface area contributed by atoms with Crippen molar-refractivity contribution in [3.63, 3.8) is 0 Å². The Balaban J connectivity index is 1.69. The van der Waals surface area contributed by atoms with Crippen molar-refractivity contribution in [2.24, 2.45) is 0 Å². The SMILES string of the molecule is C[C@H](C(=O)NC1CCCC1)N(Cc1ccc(Cl)c(Cl)c1)C(=O)CSCc1ccccc1F. The Hall–Kier alpha value is -1.76. The number of nitrogens with one attached hydrogen (secondary N) is 1. The number of halogens is 3. The second-order valence-electron chi connectivity index (χ2n) is 8.02. The van der Waals surface area contributed by atoms with Crippen LogP contribution in [0.1, 0.15) is 43.7 Å². The Morgan fingerprint density at radius 1 is 1.16 bits per heavy atom. The molecule has 2 amide bonds. The fourth-order valence-corrected chi connectivity index (χ4v) is 4.97. The number of amides is 2. The molecule has 4 nitrogen and oxygen atoms in total. The quantitative estimate of drug-likeness (QED) is 0.474. The van der Waals surface area contributed by atoms with Gasteiger partial charge in [0.2, 0.25) is 11.8 Å². The summed E-state index contributed by atoms with van der Waals surface area (Å²) in [5.74, 6) is -0.126. The second kappa shape index (κ2) is 11.9. The third kappa shape index (κ3) is 6.87. The van der Waals surface area contributed by atoms with Crippen molar-refractivity contribution in [3.05, 3.63) is 69.5 Å². The predicted molar refractivity (Wildman–Crippen MR) is 129 cm³/mol. The van der Waals surface area contributed by atoms with Crippen LogP contribution in [-0.2, 0) is 21.9 Å². The lowest BCUT2D eigenvalue weighted by Crippen LogP contribution is -2.50. The maximum atomic E-state index is 13.9. The van der Waals surface area contributed by atoms with Crippen LogP contribution in [0.2, 0.25) is 10.0 Å². The summed E-state index contributed by atoms with van der Waals surface area (Å²) in [6, 6.07) is 11.2. The average Bonchev–Trinajstić information content (AvgIpc) is 3.28. The fraction of sp³-hybridized carbons (Fsp3) is 0.417. The van der Waals surface area contributed by atoms with E-state index >= 15 is 0 Å². The summed E-state index contributed by atoms with van der Waals surface area (Å²) >= 11 is 13.5. The predicted octanol–water partition coefficient (Wildman–Crippen LogP) is 5.84. The van der Waals surface area contributed by atoms with Crippen molar-refractivity contribution in [3.8, 4) is 0 Å². The zero-order valence-corrected chi connectivity index (χ0v) is 20.3. The van der Waals surface area contributed by atoms with Gasteiger partial charge in [-0.2, -0.15) is 0 Å². The first kappa shape index (κ1) is 24.9. The van der Waals surface area contributed by atoms with Gasteiger partial charge in [-0.1, -0.05) is 60.3 Å². The number of benzene rings is 2. The highest BCUT2D eigenvalue weighted by Crippen LogP contribution is 2.25. The van der Waals surface area contributed by atoms with E-state index in [2.05, 4.69) is 5.32 Å². The van der Waals surface area contributed by atoms with Crippen molar-refractivity contribution in [2.75, 3.05) is 5.75 Å². The van der Waals surface area contributed by atoms with Crippen LogP contribution in [0.4, 0.5) is 4.39 Å². The van der Waals surface area contributed by atoms with Crippen molar-refractivity contribution < 1.29 is 14.0 Å². The molecule has 1 aliphatic rings. The zero-order chi connectivity index (χ0) is 23.1. The molecule has 2 aromatic carbocycles. The standard InChI is InChI=1S/C24H27Cl2FN2O2S/c1-16(24(31)28-19-7-3-4-8-19)29(13-17-10-11-20(25)21(26)12-17)23(30)15-32-14-18-6-2-5-9-22(18)27/h2,5-6,9-12,16,19H,3-4,7-8,13-15H2,1H3,(H,28,31)/t16-/m1/s1. The lowest BCUT2D eigenvalue weighted by Gasteiger charge is -2.30. The van der Waals surface area contributed by atoms with Crippen LogP contribution in [-0.4, -0.2) is 34.6 Å². The Labute approximate surface area is 202 Å². The van der Waals surface area contributed by atoms with Gasteiger partial charge in [0.1, 0.15) is 11.9 Å². The summed E-state index contributed by atoms with van der Waals surface area (Å²) in [6.45, 7) is 1.97. The molecule has 0 spiro atoms. The lowest BCUT2D eigenvalue weighted by molar-refractivity contribution is -0.138. The minimum atomic E-state index is -0.647. The molecule has 8 heteroatoms. The van der Waals surface area contributed by atoms with Crippen molar-refractivity contribution in [2.45, 2.75) is 57.0 Å². The van der Waals surface area contributed by atoms with E-state index in [4.69, 9.17) is 23.2 Å². The molecule has 0 aliphatic heterocycles. The Kier molecular flexibility index (Phi) is 9.26. The highest BCUT2D eigenvalue weighted by Gasteiger charge is 2.28. The van der Waals surface area contributed by atoms with Crippen molar-refractivity contribution >= 4 is 46.8 Å². The largest absolute Gasteiger partial charge is 0.352 e. The number of nitrogens with zero attached hydrogens (tertiary/aromatic N) is 1. The van der Waals surface area contributed by atoms with Gasteiger partial charge >= 0.3 is 0 Å². The molecule has 1 saturated carbocycles. The number of carbonyl (C=O) groups excluding carboxylic acids is 2. The average molecular weight is 497 g/mol. The van der Waals surface area contributed by atoms with Gasteiger partial charge < -0.3 is 10.2 Å². The molecule has 1 aliphatic carbocycles. The van der Waals surface area contributed by atoms with E-state index in [0.29, 0.717) is 21.4 Å². The van der Waals surface area contributed by atoms with E-state index in [1.54, 1.807) is 48.2 Å². The number of carbonyl (C=O) groups is 2. The van der Waals surface area contributed by atoms with Crippen LogP contribution in [0, 0.1) is 5.82 Å². The van der Waals surface area contributed by atoms with E-state index in [9.17, 15) is 14.0 Å². The first-order chi connectivity index (χ1) is 15.3. The highest BCUT2D eigenvalue weighted by molar-refractivity contribution is 7.99. The minimum absolute atomic E-state index is 0.136. The maximum absolute atomic E-state index is 13.9. The van der Waals surface area contributed by atoms with E-state index in [1.165, 1.54) is 17.8 Å². The van der Waals surface area contributed by atoms with Crippen molar-refractivity contribution in [1.29, 1.82) is 0 Å². The second-order valence-corrected chi connectivity index (χ2v) is 9.82. The summed E-state index contributed by atoms with van der Waals surface area (Å²) in [5.41, 5.74) is 1.33. The highest BCUT2D eigenvalue weighted by atomic mass is 35.5. The van der Waals surface area contributed by atoms with Crippen LogP contribution >= 0.6 is 35.0 Å². The molecule has 1 atom stereocenters. The Bertz CT molecular complexity index is 953. The molecule has 32 heavy (non-hydrogen) atoms. The normalized spacial score (nSPS) is 14.9. The van der Waals surface area contributed by atoms with Crippen LogP contribution in [0.25, 0.3) is 0 Å². The molecule has 1 N–H and O–H groups in total. The first-order valence-corrected chi connectivity index (χ1v) is 12.6. The number of thioether (sulfide) groups is 1. The first-order valence-electron chi connectivity index (χ1n) is 10.7. The van der Waals surface area contributed by atoms with E-state index in [1.807, 2.05) is 0 Å². The molecule has 0 aromatic heterocycles. The molecule has 0 saturated heterocycles. The molecule has 0 bridgehead atoms. The van der Waals surface area contributed by atoms with E-state index in [0.717, 1.165) is 31.2 Å². The summed E-state index contributed by atoms with van der Waals surface area (Å²) < 4.78 is 13.9. The number of hydrogen-bond acceptors (Lipinski definition) is 3. The van der Waals surface area contributed by atoms with Gasteiger partial charge in [0.05, 0.1) is 15.8 Å². The van der Waals surface area contributed by atoms with E-state index < -0.39 is 6.04 Å². The molecule has 3 rings (SSSR count). The molecule has 172 valence electrons. The van der Waals surface area contributed by atoms with Gasteiger partial charge in [0.15, 0.2) is 0 Å². The molecular formula is C24H27Cl2FN2O2S. The zero-order valence-electron chi connectivity index (χ0n) is 18.0. The maximum Gasteiger partial charge on any atom is 0.242 e. The smallest absolute Gasteiger partial charge is 0.242 e. The van der Waals surface area contributed by atoms with Gasteiger partial charge in [-0.05, 0) is 49.1 Å². The monoisotopic (exact) mass is 496 g/mol. The molecule has 0 radical (unpaired) electrons. The third-order valence-electron chi connectivity index (χ3n) is 5.65. The summed E-state index contributed by atoms with van der Waals surface area (Å²) in [6.07, 6.45) is 4.16. The topological polar surface area (TPSA) is 49.4 Å². The molecule has 1 fully saturated rings. The van der Waals surface area contributed by atoms with Gasteiger partial charge in [0.25, 0.3) is 0 Å². The van der Waals surface area contributed by atoms with E-state index in [-0.39, 0.29) is 36.0 Å². The third-order valence-corrected chi connectivity index (χ3v) is 7.35. The number of rotatable bonds is 9. The summed E-state index contributed by atoms with van der Waals surface area (Å²) in [5, 5.41) is 3.90. The Morgan fingerprint density at radius 3 is 2.56 bits per heavy atom. The fourth-order valence-electron chi connectivity index (χ4n) is 3.76. The molecule has 0 unspecified atom stereocenters. The Morgan fingerprint density at radius 2 is 1.88 bits per heavy atom. The molecular weight excluding hydrogens is 470 g/mol. The minimum Gasteiger partial charge on any atom is -0.352 e. The molecule has 2 aromatic rings. The van der Waals surface area contributed by atoms with Crippen LogP contribution < -0.4 is 5.32 Å². The molecule has 0 heterocycles. The van der Waals surface area contributed by atoms with Crippen molar-refractivity contribution in [1.82, 2.24) is 10.2 Å². The van der Waals surface area contributed by atoms with Gasteiger partial charge in [0, 0.05) is 18.3 Å². The summed E-state index contributed by atoms with van der Waals surface area (Å²) in [7, 11) is 0. The number of hydrogen-bond donors (Lipinski definition) is 1. The van der Waals surface area contributed by atoms with Crippen LogP contribution in [0.5, 0.6) is 0 Å². The van der Waals surface area contributed by atoms with Crippen LogP contribution in [0.3, 0.4) is 0 Å².